The molecule has 2 aromatic carbocycles. The fourth-order valence-corrected chi connectivity index (χ4v) is 3.91. The molecule has 2 amide bonds. The molecule has 162 valence electrons. The van der Waals surface area contributed by atoms with Gasteiger partial charge in [0.1, 0.15) is 11.5 Å². The van der Waals surface area contributed by atoms with Crippen LogP contribution in [0.3, 0.4) is 0 Å². The average molecular weight is 450 g/mol. The number of rotatable bonds is 7. The molecule has 1 aliphatic heterocycles. The van der Waals surface area contributed by atoms with Gasteiger partial charge in [0.15, 0.2) is 0 Å². The molecule has 3 aromatic rings. The number of imide groups is 1. The highest BCUT2D eigenvalue weighted by molar-refractivity contribution is 6.45. The Balaban J connectivity index is 1.77. The first-order chi connectivity index (χ1) is 15.5. The fraction of sp³-hybridized carbons (Fsp3) is 0.160. The van der Waals surface area contributed by atoms with Gasteiger partial charge in [-0.2, -0.15) is 0 Å². The molecule has 4 rings (SSSR count). The van der Waals surface area contributed by atoms with Crippen LogP contribution in [0.2, 0.25) is 5.02 Å². The lowest BCUT2D eigenvalue weighted by Crippen LogP contribution is -2.36. The van der Waals surface area contributed by atoms with Crippen LogP contribution in [-0.2, 0) is 16.0 Å². The summed E-state index contributed by atoms with van der Waals surface area (Å²) in [6, 6.07) is 16.3. The lowest BCUT2D eigenvalue weighted by Gasteiger charge is -2.25. The van der Waals surface area contributed by atoms with Crippen molar-refractivity contribution in [3.8, 4) is 0 Å². The van der Waals surface area contributed by atoms with Crippen LogP contribution in [0.25, 0.3) is 5.57 Å². The van der Waals surface area contributed by atoms with Crippen molar-refractivity contribution in [2.24, 2.45) is 0 Å². The molecule has 5 nitrogen and oxygen atoms in total. The number of hydrogen-bond acceptors (Lipinski definition) is 4. The maximum absolute atomic E-state index is 14.5. The maximum Gasteiger partial charge on any atom is 0.282 e. The van der Waals surface area contributed by atoms with E-state index in [1.54, 1.807) is 42.7 Å². The van der Waals surface area contributed by atoms with E-state index in [9.17, 15) is 14.0 Å². The molecule has 0 radical (unpaired) electrons. The third kappa shape index (κ3) is 4.14. The van der Waals surface area contributed by atoms with E-state index in [1.165, 1.54) is 18.2 Å². The van der Waals surface area contributed by atoms with Crippen molar-refractivity contribution in [2.45, 2.75) is 13.3 Å². The van der Waals surface area contributed by atoms with Crippen molar-refractivity contribution >= 4 is 34.7 Å². The van der Waals surface area contributed by atoms with Gasteiger partial charge in [-0.15, -0.1) is 0 Å². The normalized spacial score (nSPS) is 13.8. The van der Waals surface area contributed by atoms with Gasteiger partial charge < -0.3 is 4.90 Å². The van der Waals surface area contributed by atoms with E-state index in [2.05, 4.69) is 4.98 Å². The minimum absolute atomic E-state index is 0.0610. The minimum Gasteiger partial charge on any atom is -0.366 e. The van der Waals surface area contributed by atoms with E-state index in [1.807, 2.05) is 24.0 Å². The number of pyridine rings is 1. The van der Waals surface area contributed by atoms with E-state index in [4.69, 9.17) is 11.6 Å². The van der Waals surface area contributed by atoms with E-state index in [-0.39, 0.29) is 17.0 Å². The Bertz CT molecular complexity index is 1180. The third-order valence-corrected chi connectivity index (χ3v) is 5.66. The summed E-state index contributed by atoms with van der Waals surface area (Å²) in [5.74, 6) is -1.73. The van der Waals surface area contributed by atoms with Crippen LogP contribution < -0.4 is 4.90 Å². The Morgan fingerprint density at radius 2 is 1.66 bits per heavy atom. The lowest BCUT2D eigenvalue weighted by molar-refractivity contribution is -0.120. The van der Waals surface area contributed by atoms with Crippen LogP contribution in [0, 0.1) is 5.82 Å². The van der Waals surface area contributed by atoms with Crippen LogP contribution in [0.4, 0.5) is 10.1 Å². The van der Waals surface area contributed by atoms with Crippen LogP contribution in [0.15, 0.2) is 78.8 Å². The minimum atomic E-state index is -0.634. The summed E-state index contributed by atoms with van der Waals surface area (Å²) in [7, 11) is 0. The van der Waals surface area contributed by atoms with Crippen molar-refractivity contribution in [3.63, 3.8) is 0 Å². The summed E-state index contributed by atoms with van der Waals surface area (Å²) >= 11 is 6.03. The van der Waals surface area contributed by atoms with Crippen molar-refractivity contribution < 1.29 is 14.0 Å². The van der Waals surface area contributed by atoms with Gasteiger partial charge in [-0.3, -0.25) is 14.6 Å². The number of carbonyl (C=O) groups excluding carboxylic acids is 2. The number of halogens is 2. The fourth-order valence-electron chi connectivity index (χ4n) is 3.78. The molecule has 0 aliphatic carbocycles. The first-order valence-corrected chi connectivity index (χ1v) is 10.7. The molecule has 0 N–H and O–H groups in total. The van der Waals surface area contributed by atoms with Gasteiger partial charge >= 0.3 is 0 Å². The molecule has 0 bridgehead atoms. The number of para-hydroxylation sites is 1. The molecule has 0 saturated heterocycles. The molecule has 32 heavy (non-hydrogen) atoms. The summed E-state index contributed by atoms with van der Waals surface area (Å²) < 4.78 is 14.5. The van der Waals surface area contributed by atoms with E-state index >= 15 is 0 Å². The van der Waals surface area contributed by atoms with E-state index < -0.39 is 17.6 Å². The predicted octanol–water partition coefficient (Wildman–Crippen LogP) is 4.72. The highest BCUT2D eigenvalue weighted by Crippen LogP contribution is 2.36. The first-order valence-electron chi connectivity index (χ1n) is 10.3. The SMILES string of the molecule is CCN(CCc1ccncc1)C1=C(c2ccc(Cl)cc2)C(=O)N(c2ccccc2F)C1=O. The number of carbonyl (C=O) groups is 2. The molecule has 1 aliphatic rings. The summed E-state index contributed by atoms with van der Waals surface area (Å²) in [5.41, 5.74) is 2.07. The van der Waals surface area contributed by atoms with Crippen LogP contribution >= 0.6 is 11.6 Å². The summed E-state index contributed by atoms with van der Waals surface area (Å²) in [4.78, 5) is 33.8. The van der Waals surface area contributed by atoms with E-state index in [0.717, 1.165) is 10.5 Å². The second-order valence-corrected chi connectivity index (χ2v) is 7.75. The van der Waals surface area contributed by atoms with Gasteiger partial charge in [0, 0.05) is 30.5 Å². The Morgan fingerprint density at radius 1 is 0.969 bits per heavy atom. The largest absolute Gasteiger partial charge is 0.366 e. The summed E-state index contributed by atoms with van der Waals surface area (Å²) in [5, 5.41) is 0.517. The quantitative estimate of drug-likeness (QED) is 0.490. The molecule has 1 aromatic heterocycles. The molecule has 0 spiro atoms. The van der Waals surface area contributed by atoms with Gasteiger partial charge in [0.05, 0.1) is 11.3 Å². The first kappa shape index (κ1) is 21.7. The summed E-state index contributed by atoms with van der Waals surface area (Å²) in [6.07, 6.45) is 4.09. The number of likely N-dealkylation sites (N-methyl/N-ethyl adjacent to an activating group) is 1. The van der Waals surface area contributed by atoms with E-state index in [0.29, 0.717) is 30.1 Å². The molecular formula is C25H21ClFN3O2. The van der Waals surface area contributed by atoms with Crippen molar-refractivity contribution in [1.29, 1.82) is 0 Å². The second-order valence-electron chi connectivity index (χ2n) is 7.31. The van der Waals surface area contributed by atoms with Gasteiger partial charge in [0.25, 0.3) is 11.8 Å². The molecule has 0 unspecified atom stereocenters. The zero-order valence-corrected chi connectivity index (χ0v) is 18.2. The lowest BCUT2D eigenvalue weighted by atomic mass is 10.0. The zero-order valence-electron chi connectivity index (χ0n) is 17.5. The Morgan fingerprint density at radius 3 is 2.31 bits per heavy atom. The number of anilines is 1. The maximum atomic E-state index is 14.5. The molecule has 0 saturated carbocycles. The monoisotopic (exact) mass is 449 g/mol. The number of benzene rings is 2. The second kappa shape index (κ2) is 9.32. The molecule has 0 fully saturated rings. The van der Waals surface area contributed by atoms with Gasteiger partial charge in [-0.25, -0.2) is 9.29 Å². The van der Waals surface area contributed by atoms with Crippen LogP contribution in [-0.4, -0.2) is 34.8 Å². The summed E-state index contributed by atoms with van der Waals surface area (Å²) in [6.45, 7) is 2.93. The Labute approximate surface area is 190 Å². The molecule has 7 heteroatoms. The molecule has 2 heterocycles. The Kier molecular flexibility index (Phi) is 6.32. The molecular weight excluding hydrogens is 429 g/mol. The van der Waals surface area contributed by atoms with Crippen molar-refractivity contribution in [1.82, 2.24) is 9.88 Å². The van der Waals surface area contributed by atoms with Gasteiger partial charge in [-0.1, -0.05) is 35.9 Å². The van der Waals surface area contributed by atoms with Crippen molar-refractivity contribution in [2.75, 3.05) is 18.0 Å². The average Bonchev–Trinajstić information content (AvgIpc) is 3.06. The predicted molar refractivity (Wildman–Crippen MR) is 122 cm³/mol. The third-order valence-electron chi connectivity index (χ3n) is 5.40. The number of aromatic nitrogens is 1. The number of nitrogens with zero attached hydrogens (tertiary/aromatic N) is 3. The standard InChI is InChI=1S/C25H21ClFN3O2/c1-2-29(16-13-17-11-14-28-15-12-17)23-22(18-7-9-19(26)10-8-18)24(31)30(25(23)32)21-6-4-3-5-20(21)27/h3-12,14-15H,2,13,16H2,1H3. The van der Waals surface area contributed by atoms with Gasteiger partial charge in [-0.05, 0) is 60.9 Å². The molecule has 0 atom stereocenters. The smallest absolute Gasteiger partial charge is 0.282 e. The van der Waals surface area contributed by atoms with Crippen LogP contribution in [0.1, 0.15) is 18.1 Å². The number of amides is 2. The highest BCUT2D eigenvalue weighted by Gasteiger charge is 2.43. The van der Waals surface area contributed by atoms with Crippen molar-refractivity contribution in [3.05, 3.63) is 101 Å². The van der Waals surface area contributed by atoms with Crippen LogP contribution in [0.5, 0.6) is 0 Å². The zero-order chi connectivity index (χ0) is 22.7. The Hall–Kier alpha value is -3.51. The van der Waals surface area contributed by atoms with Gasteiger partial charge in [0.2, 0.25) is 0 Å². The number of hydrogen-bond donors (Lipinski definition) is 0. The highest BCUT2D eigenvalue weighted by atomic mass is 35.5. The topological polar surface area (TPSA) is 53.5 Å².